The predicted octanol–water partition coefficient (Wildman–Crippen LogP) is 3.42. The van der Waals surface area contributed by atoms with Crippen molar-refractivity contribution in [1.29, 1.82) is 0 Å². The molecule has 3 rings (SSSR count). The maximum atomic E-state index is 12.8. The maximum absolute atomic E-state index is 12.8. The highest BCUT2D eigenvalue weighted by atomic mass is 19.1. The van der Waals surface area contributed by atoms with Crippen molar-refractivity contribution in [3.05, 3.63) is 66.6 Å². The van der Waals surface area contributed by atoms with Crippen molar-refractivity contribution >= 4 is 28.2 Å². The molecule has 5 heteroatoms. The Hall–Kier alpha value is -2.95. The van der Waals surface area contributed by atoms with E-state index in [-0.39, 0.29) is 18.3 Å². The van der Waals surface area contributed by atoms with E-state index in [1.54, 1.807) is 18.3 Å². The lowest BCUT2D eigenvalue weighted by Crippen LogP contribution is -2.21. The molecule has 0 fully saturated rings. The first kappa shape index (κ1) is 14.0. The zero-order valence-corrected chi connectivity index (χ0v) is 11.7. The normalized spacial score (nSPS) is 10.4. The van der Waals surface area contributed by atoms with E-state index in [0.717, 1.165) is 10.9 Å². The zero-order valence-electron chi connectivity index (χ0n) is 11.7. The highest BCUT2D eigenvalue weighted by molar-refractivity contribution is 6.01. The van der Waals surface area contributed by atoms with Crippen LogP contribution in [0.2, 0.25) is 0 Å². The molecule has 110 valence electrons. The first-order chi connectivity index (χ1) is 10.7. The Kier molecular flexibility index (Phi) is 3.96. The largest absolute Gasteiger partial charge is 0.376 e. The summed E-state index contributed by atoms with van der Waals surface area (Å²) < 4.78 is 12.8. The molecule has 0 saturated heterocycles. The first-order valence-corrected chi connectivity index (χ1v) is 6.85. The number of pyridine rings is 1. The molecule has 2 N–H and O–H groups in total. The van der Waals surface area contributed by atoms with Crippen LogP contribution in [0.5, 0.6) is 0 Å². The van der Waals surface area contributed by atoms with Gasteiger partial charge >= 0.3 is 0 Å². The minimum atomic E-state index is -0.308. The quantitative estimate of drug-likeness (QED) is 0.775. The maximum Gasteiger partial charge on any atom is 0.243 e. The van der Waals surface area contributed by atoms with Gasteiger partial charge in [-0.25, -0.2) is 4.39 Å². The Morgan fingerprint density at radius 3 is 2.64 bits per heavy atom. The summed E-state index contributed by atoms with van der Waals surface area (Å²) in [6, 6.07) is 15.3. The Morgan fingerprint density at radius 1 is 1.05 bits per heavy atom. The van der Waals surface area contributed by atoms with Gasteiger partial charge in [0.05, 0.1) is 17.7 Å². The molecule has 0 atom stereocenters. The molecule has 1 amide bonds. The van der Waals surface area contributed by atoms with Crippen molar-refractivity contribution in [2.24, 2.45) is 0 Å². The summed E-state index contributed by atoms with van der Waals surface area (Å²) in [5.74, 6) is -0.501. The van der Waals surface area contributed by atoms with Gasteiger partial charge < -0.3 is 10.6 Å². The lowest BCUT2D eigenvalue weighted by Gasteiger charge is -2.09. The number of para-hydroxylation sites is 1. The highest BCUT2D eigenvalue weighted by Crippen LogP contribution is 2.20. The van der Waals surface area contributed by atoms with Crippen LogP contribution < -0.4 is 10.6 Å². The van der Waals surface area contributed by atoms with Crippen molar-refractivity contribution < 1.29 is 9.18 Å². The fraction of sp³-hybridized carbons (Fsp3) is 0.0588. The summed E-state index contributed by atoms with van der Waals surface area (Å²) in [6.07, 6.45) is 1.69. The number of halogens is 1. The average Bonchev–Trinajstić information content (AvgIpc) is 2.55. The van der Waals surface area contributed by atoms with Crippen molar-refractivity contribution in [2.75, 3.05) is 17.2 Å². The number of amides is 1. The third kappa shape index (κ3) is 3.20. The van der Waals surface area contributed by atoms with E-state index in [1.807, 2.05) is 30.3 Å². The second kappa shape index (κ2) is 6.22. The molecule has 0 aliphatic carbocycles. The average molecular weight is 295 g/mol. The number of nitrogens with zero attached hydrogens (tertiary/aromatic N) is 1. The predicted molar refractivity (Wildman–Crippen MR) is 85.3 cm³/mol. The van der Waals surface area contributed by atoms with Gasteiger partial charge in [-0.3, -0.25) is 9.78 Å². The SMILES string of the molecule is O=C(CNc1ccc(F)cc1)Nc1cccc2cccnc12. The summed E-state index contributed by atoms with van der Waals surface area (Å²) in [7, 11) is 0. The molecule has 4 nitrogen and oxygen atoms in total. The van der Waals surface area contributed by atoms with Gasteiger partial charge in [-0.15, -0.1) is 0 Å². The van der Waals surface area contributed by atoms with Crippen LogP contribution >= 0.6 is 0 Å². The molecule has 0 aliphatic heterocycles. The van der Waals surface area contributed by atoms with E-state index in [9.17, 15) is 9.18 Å². The Morgan fingerprint density at radius 2 is 1.82 bits per heavy atom. The smallest absolute Gasteiger partial charge is 0.243 e. The van der Waals surface area contributed by atoms with Gasteiger partial charge in [0.15, 0.2) is 0 Å². The number of carbonyl (C=O) groups is 1. The third-order valence-electron chi connectivity index (χ3n) is 3.20. The minimum absolute atomic E-state index is 0.0921. The fourth-order valence-electron chi connectivity index (χ4n) is 2.15. The van der Waals surface area contributed by atoms with Gasteiger partial charge in [0.25, 0.3) is 0 Å². The van der Waals surface area contributed by atoms with Gasteiger partial charge in [-0.2, -0.15) is 0 Å². The zero-order chi connectivity index (χ0) is 15.4. The Labute approximate surface area is 127 Å². The summed E-state index contributed by atoms with van der Waals surface area (Å²) in [6.45, 7) is 0.0921. The summed E-state index contributed by atoms with van der Waals surface area (Å²) in [5.41, 5.74) is 2.11. The molecule has 0 unspecified atom stereocenters. The fourth-order valence-corrected chi connectivity index (χ4v) is 2.15. The van der Waals surface area contributed by atoms with E-state index in [1.165, 1.54) is 12.1 Å². The van der Waals surface area contributed by atoms with Crippen molar-refractivity contribution in [3.63, 3.8) is 0 Å². The Balaban J connectivity index is 1.67. The van der Waals surface area contributed by atoms with Gasteiger partial charge in [0, 0.05) is 17.3 Å². The number of aromatic nitrogens is 1. The number of anilines is 2. The van der Waals surface area contributed by atoms with Crippen molar-refractivity contribution in [1.82, 2.24) is 4.98 Å². The molecule has 1 heterocycles. The van der Waals surface area contributed by atoms with E-state index in [4.69, 9.17) is 0 Å². The van der Waals surface area contributed by atoms with Gasteiger partial charge in [-0.1, -0.05) is 18.2 Å². The lowest BCUT2D eigenvalue weighted by molar-refractivity contribution is -0.114. The van der Waals surface area contributed by atoms with Crippen molar-refractivity contribution in [3.8, 4) is 0 Å². The summed E-state index contributed by atoms with van der Waals surface area (Å²) in [5, 5.41) is 6.73. The number of benzene rings is 2. The number of carbonyl (C=O) groups excluding carboxylic acids is 1. The van der Waals surface area contributed by atoms with Crippen LogP contribution in [-0.4, -0.2) is 17.4 Å². The molecule has 0 saturated carbocycles. The van der Waals surface area contributed by atoms with E-state index in [2.05, 4.69) is 15.6 Å². The second-order valence-corrected chi connectivity index (χ2v) is 4.79. The number of fused-ring (bicyclic) bond motifs is 1. The molecule has 3 aromatic rings. The molecular weight excluding hydrogens is 281 g/mol. The van der Waals surface area contributed by atoms with Crippen LogP contribution in [-0.2, 0) is 4.79 Å². The van der Waals surface area contributed by atoms with Crippen LogP contribution in [0, 0.1) is 5.82 Å². The number of hydrogen-bond acceptors (Lipinski definition) is 3. The van der Waals surface area contributed by atoms with Gasteiger partial charge in [0.1, 0.15) is 5.82 Å². The number of rotatable bonds is 4. The second-order valence-electron chi connectivity index (χ2n) is 4.79. The van der Waals surface area contributed by atoms with Gasteiger partial charge in [-0.05, 0) is 36.4 Å². The van der Waals surface area contributed by atoms with E-state index < -0.39 is 0 Å². The van der Waals surface area contributed by atoms with Crippen LogP contribution in [0.1, 0.15) is 0 Å². The molecule has 1 aromatic heterocycles. The molecule has 0 aliphatic rings. The van der Waals surface area contributed by atoms with E-state index >= 15 is 0 Å². The lowest BCUT2D eigenvalue weighted by atomic mass is 10.2. The Bertz CT molecular complexity index is 797. The highest BCUT2D eigenvalue weighted by Gasteiger charge is 2.06. The van der Waals surface area contributed by atoms with Crippen LogP contribution in [0.3, 0.4) is 0 Å². The third-order valence-corrected chi connectivity index (χ3v) is 3.20. The minimum Gasteiger partial charge on any atom is -0.376 e. The van der Waals surface area contributed by atoms with Crippen LogP contribution in [0.15, 0.2) is 60.8 Å². The standard InChI is InChI=1S/C17H14FN3O/c18-13-6-8-14(9-7-13)20-11-16(22)21-15-5-1-3-12-4-2-10-19-17(12)15/h1-10,20H,11H2,(H,21,22). The molecule has 0 spiro atoms. The molecular formula is C17H14FN3O. The summed E-state index contributed by atoms with van der Waals surface area (Å²) >= 11 is 0. The van der Waals surface area contributed by atoms with Crippen LogP contribution in [0.4, 0.5) is 15.8 Å². The summed E-state index contributed by atoms with van der Waals surface area (Å²) in [4.78, 5) is 16.3. The number of hydrogen-bond donors (Lipinski definition) is 2. The molecule has 0 radical (unpaired) electrons. The monoisotopic (exact) mass is 295 g/mol. The van der Waals surface area contributed by atoms with Crippen LogP contribution in [0.25, 0.3) is 10.9 Å². The number of nitrogens with one attached hydrogen (secondary N) is 2. The van der Waals surface area contributed by atoms with E-state index in [0.29, 0.717) is 11.4 Å². The topological polar surface area (TPSA) is 54.0 Å². The van der Waals surface area contributed by atoms with Crippen molar-refractivity contribution in [2.45, 2.75) is 0 Å². The molecule has 0 bridgehead atoms. The molecule has 22 heavy (non-hydrogen) atoms. The first-order valence-electron chi connectivity index (χ1n) is 6.85. The molecule has 2 aromatic carbocycles. The van der Waals surface area contributed by atoms with Gasteiger partial charge in [0.2, 0.25) is 5.91 Å².